The van der Waals surface area contributed by atoms with Gasteiger partial charge in [0.15, 0.2) is 0 Å². The number of thiophene rings is 1. The maximum Gasteiger partial charge on any atom is 0.127 e. The second kappa shape index (κ2) is 26.7. The monoisotopic (exact) mass is 1430 g/mol. The third-order valence-corrected chi connectivity index (χ3v) is 23.4. The molecule has 2 atom stereocenters. The Morgan fingerprint density at radius 2 is 0.661 bits per heavy atom. The zero-order chi connectivity index (χ0) is 74.5. The smallest absolute Gasteiger partial charge is 0.127 e. The van der Waals surface area contributed by atoms with Gasteiger partial charge in [0, 0.05) is 54.3 Å². The third-order valence-electron chi connectivity index (χ3n) is 22.3. The van der Waals surface area contributed by atoms with Crippen LogP contribution in [-0.2, 0) is 21.7 Å². The zero-order valence-corrected chi connectivity index (χ0v) is 62.4. The molecule has 0 saturated carbocycles. The van der Waals surface area contributed by atoms with Crippen LogP contribution in [0.1, 0.15) is 108 Å². The number of benzene rings is 15. The van der Waals surface area contributed by atoms with E-state index in [1.165, 1.54) is 22.3 Å². The lowest BCUT2D eigenvalue weighted by molar-refractivity contribution is 0.482. The first kappa shape index (κ1) is 68.2. The Balaban J connectivity index is 0.768. The third kappa shape index (κ3) is 11.8. The van der Waals surface area contributed by atoms with Crippen molar-refractivity contribution >= 4 is 88.6 Å². The molecule has 528 valence electrons. The maximum atomic E-state index is 15.3. The van der Waals surface area contributed by atoms with E-state index in [1.54, 1.807) is 35.6 Å². The molecule has 16 aromatic rings. The maximum absolute atomic E-state index is 15.3. The van der Waals surface area contributed by atoms with E-state index in [9.17, 15) is 0 Å². The fraction of sp³-hybridized carbons (Fsp3) is 0.0980. The van der Waals surface area contributed by atoms with E-state index < -0.39 is 10.8 Å². The Kier molecular flexibility index (Phi) is 16.7. The Labute approximate surface area is 640 Å². The second-order valence-electron chi connectivity index (χ2n) is 30.8. The van der Waals surface area contributed by atoms with Crippen molar-refractivity contribution in [2.75, 3.05) is 9.80 Å². The van der Waals surface area contributed by atoms with Gasteiger partial charge in [-0.15, -0.1) is 11.3 Å². The van der Waals surface area contributed by atoms with Crippen LogP contribution in [0.15, 0.2) is 341 Å². The van der Waals surface area contributed by atoms with Gasteiger partial charge in [0.2, 0.25) is 0 Å². The molecule has 7 heteroatoms. The highest BCUT2D eigenvalue weighted by Gasteiger charge is 2.48. The molecule has 0 bridgehead atoms. The molecule has 0 aliphatic heterocycles. The summed E-state index contributed by atoms with van der Waals surface area (Å²) in [6, 6.07) is 115. The molecule has 0 saturated heterocycles. The number of halogens is 2. The first-order valence-electron chi connectivity index (χ1n) is 37.2. The summed E-state index contributed by atoms with van der Waals surface area (Å²) in [5.41, 5.74) is 21.9. The van der Waals surface area contributed by atoms with Crippen LogP contribution in [-0.4, -0.2) is 0 Å². The minimum atomic E-state index is -0.768. The summed E-state index contributed by atoms with van der Waals surface area (Å²) in [7, 11) is 0. The summed E-state index contributed by atoms with van der Waals surface area (Å²) >= 11 is 1.77. The number of anilines is 6. The molecule has 109 heavy (non-hydrogen) atoms. The van der Waals surface area contributed by atoms with E-state index in [1.807, 2.05) is 84.9 Å². The SMILES string of the molecule is C=Cc1ccc(Oc2ccc(C3(c4ccc(C(C)(C)C)cc4)c4ccccc4-c4ccc(N(c5ccc(F)cc5)c5ccc6cc7sc8ccc(N(c9ccc(F)cc9)c9ccc%10c(c9)C(c9ccc(Oc%11ccc(C=C)cc%11)cc9)(c9ccc(C(C)(C)C)cc9)c9ccccc9-%10)cc8c7cc6c5)cc43)cc2)cc1. The highest BCUT2D eigenvalue weighted by molar-refractivity contribution is 7.25. The number of hydrogen-bond acceptors (Lipinski definition) is 5. The van der Waals surface area contributed by atoms with Crippen molar-refractivity contribution < 1.29 is 18.3 Å². The van der Waals surface area contributed by atoms with Gasteiger partial charge in [0.1, 0.15) is 34.6 Å². The van der Waals surface area contributed by atoms with Crippen molar-refractivity contribution in [3.8, 4) is 45.3 Å². The average molecular weight is 1430 g/mol. The van der Waals surface area contributed by atoms with Crippen molar-refractivity contribution in [1.82, 2.24) is 0 Å². The lowest BCUT2D eigenvalue weighted by atomic mass is 9.67. The molecule has 2 aliphatic rings. The minimum Gasteiger partial charge on any atom is -0.457 e. The van der Waals surface area contributed by atoms with Gasteiger partial charge in [-0.25, -0.2) is 8.78 Å². The standard InChI is InChI=1S/C102H78F2N2O2S/c1-9-65-19-48-83(49-20-65)107-85-52-32-73(33-53-85)101(71-28-24-69(25-29-71)99(3,4)5)93-17-13-11-15-87(93)89-56-45-81(63-95(89)101)105(77-41-36-75(103)37-42-77)79-40-23-67-61-98-91(60-68(67)59-79)92-62-80(47-58-97(92)109-98)106(78-43-38-76(104)39-44-78)82-46-57-90-88-16-12-14-18-94(88)102(96(90)64-82,72-30-26-70(27-31-72)100(6,7)8)74-34-54-86(55-35-74)108-84-50-21-66(10-2)22-51-84/h9-64H,1-2H2,3-8H3. The molecule has 1 aromatic heterocycles. The Morgan fingerprint density at radius 1 is 0.312 bits per heavy atom. The van der Waals surface area contributed by atoms with Gasteiger partial charge in [-0.2, -0.15) is 0 Å². The second-order valence-corrected chi connectivity index (χ2v) is 31.9. The van der Waals surface area contributed by atoms with Crippen molar-refractivity contribution in [2.24, 2.45) is 0 Å². The summed E-state index contributed by atoms with van der Waals surface area (Å²) in [4.78, 5) is 4.53. The molecule has 15 aromatic carbocycles. The molecule has 2 aliphatic carbocycles. The van der Waals surface area contributed by atoms with Crippen molar-refractivity contribution in [3.63, 3.8) is 0 Å². The Morgan fingerprint density at radius 3 is 1.08 bits per heavy atom. The molecule has 0 spiro atoms. The molecule has 0 amide bonds. The van der Waals surface area contributed by atoms with E-state index in [0.29, 0.717) is 0 Å². The van der Waals surface area contributed by atoms with Crippen LogP contribution in [0, 0.1) is 11.6 Å². The van der Waals surface area contributed by atoms with Crippen molar-refractivity contribution in [3.05, 3.63) is 419 Å². The van der Waals surface area contributed by atoms with Gasteiger partial charge in [-0.05, 0) is 274 Å². The van der Waals surface area contributed by atoms with Crippen molar-refractivity contribution in [2.45, 2.75) is 63.2 Å². The van der Waals surface area contributed by atoms with E-state index >= 15 is 8.78 Å². The molecule has 0 fully saturated rings. The van der Waals surface area contributed by atoms with Crippen LogP contribution in [0.3, 0.4) is 0 Å². The molecule has 18 rings (SSSR count). The first-order valence-corrected chi connectivity index (χ1v) is 38.0. The molecular weight excluding hydrogens is 1360 g/mol. The summed E-state index contributed by atoms with van der Waals surface area (Å²) in [5, 5.41) is 4.35. The summed E-state index contributed by atoms with van der Waals surface area (Å²) in [5.74, 6) is 2.32. The number of rotatable bonds is 16. The van der Waals surface area contributed by atoms with Crippen LogP contribution < -0.4 is 19.3 Å². The van der Waals surface area contributed by atoms with Gasteiger partial charge in [0.25, 0.3) is 0 Å². The van der Waals surface area contributed by atoms with Crippen LogP contribution >= 0.6 is 11.3 Å². The van der Waals surface area contributed by atoms with E-state index in [4.69, 9.17) is 9.47 Å². The topological polar surface area (TPSA) is 24.9 Å². The first-order chi connectivity index (χ1) is 52.9. The van der Waals surface area contributed by atoms with Gasteiger partial charge < -0.3 is 19.3 Å². The fourth-order valence-electron chi connectivity index (χ4n) is 16.8. The van der Waals surface area contributed by atoms with Crippen LogP contribution in [0.4, 0.5) is 42.9 Å². The van der Waals surface area contributed by atoms with E-state index in [2.05, 4.69) is 295 Å². The van der Waals surface area contributed by atoms with Gasteiger partial charge >= 0.3 is 0 Å². The van der Waals surface area contributed by atoms with Gasteiger partial charge in [-0.1, -0.05) is 231 Å². The quantitative estimate of drug-likeness (QED) is 0.0963. The Bertz CT molecular complexity index is 6210. The van der Waals surface area contributed by atoms with Crippen LogP contribution in [0.25, 0.3) is 65.4 Å². The van der Waals surface area contributed by atoms with Crippen LogP contribution in [0.5, 0.6) is 23.0 Å². The summed E-state index contributed by atoms with van der Waals surface area (Å²) in [6.45, 7) is 21.4. The summed E-state index contributed by atoms with van der Waals surface area (Å²) in [6.07, 6.45) is 3.66. The Hall–Kier alpha value is -12.7. The number of nitrogens with zero attached hydrogens (tertiary/aromatic N) is 2. The molecule has 1 heterocycles. The van der Waals surface area contributed by atoms with Crippen molar-refractivity contribution in [1.29, 1.82) is 0 Å². The van der Waals surface area contributed by atoms with E-state index in [-0.39, 0.29) is 22.5 Å². The van der Waals surface area contributed by atoms with Gasteiger partial charge in [-0.3, -0.25) is 0 Å². The highest BCUT2D eigenvalue weighted by Crippen LogP contribution is 2.60. The molecule has 0 N–H and O–H groups in total. The number of fused-ring (bicyclic) bond motifs is 10. The van der Waals surface area contributed by atoms with Gasteiger partial charge in [0.05, 0.1) is 10.8 Å². The number of hydrogen-bond donors (Lipinski definition) is 0. The fourth-order valence-corrected chi connectivity index (χ4v) is 18.0. The van der Waals surface area contributed by atoms with E-state index in [0.717, 1.165) is 155 Å². The van der Waals surface area contributed by atoms with Crippen LogP contribution in [0.2, 0.25) is 0 Å². The predicted octanol–water partition coefficient (Wildman–Crippen LogP) is 28.6. The lowest BCUT2D eigenvalue weighted by Crippen LogP contribution is -2.29. The molecule has 0 radical (unpaired) electrons. The normalized spacial score (nSPS) is 14.9. The average Bonchev–Trinajstić information content (AvgIpc) is 1.55. The summed E-state index contributed by atoms with van der Waals surface area (Å²) < 4.78 is 45.9. The predicted molar refractivity (Wildman–Crippen MR) is 451 cm³/mol. The minimum absolute atomic E-state index is 0.0674. The number of ether oxygens (including phenoxy) is 2. The molecular formula is C102H78F2N2O2S. The molecule has 2 unspecified atom stereocenters. The molecule has 4 nitrogen and oxygen atoms in total. The largest absolute Gasteiger partial charge is 0.457 e. The highest BCUT2D eigenvalue weighted by atomic mass is 32.1. The zero-order valence-electron chi connectivity index (χ0n) is 61.6. The lowest BCUT2D eigenvalue weighted by Gasteiger charge is -2.35.